The van der Waals surface area contributed by atoms with Crippen LogP contribution in [0.5, 0.6) is 0 Å². The van der Waals surface area contributed by atoms with Gasteiger partial charge in [0.2, 0.25) is 5.91 Å². The summed E-state index contributed by atoms with van der Waals surface area (Å²) in [6.45, 7) is 9.75. The molecule has 3 saturated heterocycles. The molecule has 0 N–H and O–H groups in total. The molecule has 1 amide bonds. The number of nitrogens with zero attached hydrogens (tertiary/aromatic N) is 3. The average molecular weight is 370 g/mol. The maximum atomic E-state index is 12.8. The maximum absolute atomic E-state index is 12.8. The topological polar surface area (TPSA) is 26.8 Å². The number of hydrogen-bond donors (Lipinski definition) is 0. The lowest BCUT2D eigenvalue weighted by Gasteiger charge is -2.42. The number of piperidine rings is 2. The molecule has 148 valence electrons. The Labute approximate surface area is 164 Å². The molecule has 0 aliphatic carbocycles. The lowest BCUT2D eigenvalue weighted by atomic mass is 9.93. The molecule has 1 atom stereocenters. The fourth-order valence-electron chi connectivity index (χ4n) is 5.13. The van der Waals surface area contributed by atoms with Gasteiger partial charge in [-0.15, -0.1) is 0 Å². The summed E-state index contributed by atoms with van der Waals surface area (Å²) in [5.74, 6) is 0.691. The highest BCUT2D eigenvalue weighted by molar-refractivity contribution is 5.79. The fraction of sp³-hybridized carbons (Fsp3) is 0.696. The number of amides is 1. The second-order valence-electron chi connectivity index (χ2n) is 8.86. The third kappa shape index (κ3) is 4.72. The first kappa shape index (κ1) is 18.9. The van der Waals surface area contributed by atoms with E-state index in [1.807, 2.05) is 0 Å². The molecule has 0 bridgehead atoms. The molecule has 4 nitrogen and oxygen atoms in total. The van der Waals surface area contributed by atoms with E-state index in [1.165, 1.54) is 62.9 Å². The SMILES string of the molecule is Cc1ccc(CN2CCC(N3CCC[C@H](C(=O)N4CCCC4)C3)CC2)cc1. The molecular formula is C23H35N3O. The third-order valence-corrected chi connectivity index (χ3v) is 6.82. The van der Waals surface area contributed by atoms with Crippen molar-refractivity contribution in [1.82, 2.24) is 14.7 Å². The molecule has 0 spiro atoms. The van der Waals surface area contributed by atoms with Crippen LogP contribution in [0.25, 0.3) is 0 Å². The Morgan fingerprint density at radius 2 is 1.63 bits per heavy atom. The molecule has 4 heteroatoms. The molecule has 3 fully saturated rings. The number of carbonyl (C=O) groups is 1. The Balaban J connectivity index is 1.26. The van der Waals surface area contributed by atoms with Crippen LogP contribution >= 0.6 is 0 Å². The molecule has 3 aliphatic heterocycles. The Morgan fingerprint density at radius 3 is 2.33 bits per heavy atom. The van der Waals surface area contributed by atoms with E-state index in [9.17, 15) is 4.79 Å². The van der Waals surface area contributed by atoms with E-state index < -0.39 is 0 Å². The summed E-state index contributed by atoms with van der Waals surface area (Å²) in [6, 6.07) is 9.63. The van der Waals surface area contributed by atoms with Crippen LogP contribution in [0.15, 0.2) is 24.3 Å². The predicted molar refractivity (Wildman–Crippen MR) is 110 cm³/mol. The van der Waals surface area contributed by atoms with Gasteiger partial charge in [0.1, 0.15) is 0 Å². The van der Waals surface area contributed by atoms with E-state index >= 15 is 0 Å². The Bertz CT molecular complexity index is 615. The molecule has 4 rings (SSSR count). The van der Waals surface area contributed by atoms with Crippen LogP contribution in [0, 0.1) is 12.8 Å². The summed E-state index contributed by atoms with van der Waals surface area (Å²) in [5.41, 5.74) is 2.76. The van der Waals surface area contributed by atoms with Gasteiger partial charge in [-0.05, 0) is 70.6 Å². The minimum absolute atomic E-state index is 0.252. The van der Waals surface area contributed by atoms with Crippen LogP contribution in [-0.4, -0.2) is 65.9 Å². The van der Waals surface area contributed by atoms with Gasteiger partial charge in [0, 0.05) is 32.2 Å². The molecule has 3 heterocycles. The van der Waals surface area contributed by atoms with Crippen LogP contribution in [-0.2, 0) is 11.3 Å². The normalized spacial score (nSPS) is 25.8. The number of rotatable bonds is 4. The first-order chi connectivity index (χ1) is 13.2. The number of benzene rings is 1. The minimum Gasteiger partial charge on any atom is -0.342 e. The predicted octanol–water partition coefficient (Wildman–Crippen LogP) is 3.29. The smallest absolute Gasteiger partial charge is 0.226 e. The van der Waals surface area contributed by atoms with Gasteiger partial charge in [-0.3, -0.25) is 14.6 Å². The molecule has 3 aliphatic rings. The maximum Gasteiger partial charge on any atom is 0.226 e. The van der Waals surface area contributed by atoms with E-state index in [0.29, 0.717) is 11.9 Å². The van der Waals surface area contributed by atoms with E-state index in [4.69, 9.17) is 0 Å². The van der Waals surface area contributed by atoms with Gasteiger partial charge < -0.3 is 4.90 Å². The first-order valence-corrected chi connectivity index (χ1v) is 11.0. The lowest BCUT2D eigenvalue weighted by molar-refractivity contribution is -0.136. The summed E-state index contributed by atoms with van der Waals surface area (Å²) < 4.78 is 0. The molecule has 1 aromatic rings. The third-order valence-electron chi connectivity index (χ3n) is 6.82. The monoisotopic (exact) mass is 369 g/mol. The van der Waals surface area contributed by atoms with Crippen molar-refractivity contribution in [3.8, 4) is 0 Å². The van der Waals surface area contributed by atoms with Crippen molar-refractivity contribution in [2.24, 2.45) is 5.92 Å². The zero-order valence-corrected chi connectivity index (χ0v) is 16.9. The van der Waals surface area contributed by atoms with Crippen LogP contribution in [0.1, 0.15) is 49.7 Å². The van der Waals surface area contributed by atoms with E-state index in [0.717, 1.165) is 32.6 Å². The van der Waals surface area contributed by atoms with Crippen LogP contribution < -0.4 is 0 Å². The van der Waals surface area contributed by atoms with Gasteiger partial charge >= 0.3 is 0 Å². The summed E-state index contributed by atoms with van der Waals surface area (Å²) >= 11 is 0. The van der Waals surface area contributed by atoms with Gasteiger partial charge in [-0.1, -0.05) is 29.8 Å². The molecular weight excluding hydrogens is 334 g/mol. The Morgan fingerprint density at radius 1 is 0.926 bits per heavy atom. The van der Waals surface area contributed by atoms with Gasteiger partial charge in [-0.25, -0.2) is 0 Å². The van der Waals surface area contributed by atoms with Crippen molar-refractivity contribution in [3.63, 3.8) is 0 Å². The van der Waals surface area contributed by atoms with E-state index in [-0.39, 0.29) is 5.92 Å². The lowest BCUT2D eigenvalue weighted by Crippen LogP contribution is -2.51. The van der Waals surface area contributed by atoms with Crippen LogP contribution in [0.2, 0.25) is 0 Å². The van der Waals surface area contributed by atoms with Gasteiger partial charge in [0.05, 0.1) is 5.92 Å². The zero-order chi connectivity index (χ0) is 18.6. The van der Waals surface area contributed by atoms with Gasteiger partial charge in [0.25, 0.3) is 0 Å². The Hall–Kier alpha value is -1.39. The molecule has 0 unspecified atom stereocenters. The quantitative estimate of drug-likeness (QED) is 0.815. The zero-order valence-electron chi connectivity index (χ0n) is 16.9. The van der Waals surface area contributed by atoms with E-state index in [1.54, 1.807) is 0 Å². The summed E-state index contributed by atoms with van der Waals surface area (Å²) in [5, 5.41) is 0. The standard InChI is InChI=1S/C23H35N3O/c1-19-6-8-20(9-7-19)17-24-15-10-22(11-16-24)26-14-4-5-21(18-26)23(27)25-12-2-3-13-25/h6-9,21-22H,2-5,10-18H2,1H3/t21-/m0/s1. The van der Waals surface area contributed by atoms with Crippen molar-refractivity contribution < 1.29 is 4.79 Å². The van der Waals surface area contributed by atoms with Crippen molar-refractivity contribution in [2.75, 3.05) is 39.3 Å². The largest absolute Gasteiger partial charge is 0.342 e. The summed E-state index contributed by atoms with van der Waals surface area (Å²) in [7, 11) is 0. The van der Waals surface area contributed by atoms with Gasteiger partial charge in [-0.2, -0.15) is 0 Å². The van der Waals surface area contributed by atoms with Crippen molar-refractivity contribution in [1.29, 1.82) is 0 Å². The van der Waals surface area contributed by atoms with Crippen LogP contribution in [0.4, 0.5) is 0 Å². The summed E-state index contributed by atoms with van der Waals surface area (Å²) in [6.07, 6.45) is 7.17. The van der Waals surface area contributed by atoms with E-state index in [2.05, 4.69) is 45.9 Å². The molecule has 0 aromatic heterocycles. The number of likely N-dealkylation sites (tertiary alicyclic amines) is 3. The first-order valence-electron chi connectivity index (χ1n) is 11.0. The van der Waals surface area contributed by atoms with Crippen LogP contribution in [0.3, 0.4) is 0 Å². The Kier molecular flexibility index (Phi) is 6.14. The molecule has 1 aromatic carbocycles. The molecule has 27 heavy (non-hydrogen) atoms. The number of aryl methyl sites for hydroxylation is 1. The highest BCUT2D eigenvalue weighted by atomic mass is 16.2. The molecule has 0 saturated carbocycles. The second-order valence-corrected chi connectivity index (χ2v) is 8.86. The minimum atomic E-state index is 0.252. The average Bonchev–Trinajstić information content (AvgIpc) is 3.25. The number of hydrogen-bond acceptors (Lipinski definition) is 3. The second kappa shape index (κ2) is 8.74. The van der Waals surface area contributed by atoms with Crippen molar-refractivity contribution in [2.45, 2.75) is 58.0 Å². The summed E-state index contributed by atoms with van der Waals surface area (Å²) in [4.78, 5) is 20.2. The fourth-order valence-corrected chi connectivity index (χ4v) is 5.13. The molecule has 0 radical (unpaired) electrons. The highest BCUT2D eigenvalue weighted by Gasteiger charge is 2.34. The van der Waals surface area contributed by atoms with Gasteiger partial charge in [0.15, 0.2) is 0 Å². The van der Waals surface area contributed by atoms with Crippen molar-refractivity contribution >= 4 is 5.91 Å². The highest BCUT2D eigenvalue weighted by Crippen LogP contribution is 2.26. The van der Waals surface area contributed by atoms with Crippen molar-refractivity contribution in [3.05, 3.63) is 35.4 Å². The number of carbonyl (C=O) groups excluding carboxylic acids is 1.